The zero-order valence-electron chi connectivity index (χ0n) is 11.3. The smallest absolute Gasteiger partial charge is 0.331 e. The van der Waals surface area contributed by atoms with E-state index in [2.05, 4.69) is 4.98 Å². The number of H-pyrrole nitrogens is 1. The molecule has 1 N–H and O–H groups in total. The van der Waals surface area contributed by atoms with Crippen molar-refractivity contribution in [3.63, 3.8) is 0 Å². The summed E-state index contributed by atoms with van der Waals surface area (Å²) in [7, 11) is 0. The molecule has 0 fully saturated rings. The Labute approximate surface area is 138 Å². The Morgan fingerprint density at radius 3 is 2.43 bits per heavy atom. The van der Waals surface area contributed by atoms with Crippen LogP contribution in [0, 0.1) is 4.77 Å². The van der Waals surface area contributed by atoms with Crippen LogP contribution in [0.1, 0.15) is 5.56 Å². The Balaban J connectivity index is 2.50. The number of aromatic nitrogens is 2. The Morgan fingerprint density at radius 1 is 1.09 bits per heavy atom. The molecular weight excluding hydrogens is 349 g/mol. The second-order valence-electron chi connectivity index (χ2n) is 4.75. The van der Waals surface area contributed by atoms with Gasteiger partial charge in [0.1, 0.15) is 0 Å². The van der Waals surface area contributed by atoms with Crippen molar-refractivity contribution in [2.45, 2.75) is 6.18 Å². The van der Waals surface area contributed by atoms with E-state index < -0.39 is 22.7 Å². The van der Waals surface area contributed by atoms with Gasteiger partial charge in [-0.05, 0) is 36.5 Å². The Kier molecular flexibility index (Phi) is 3.77. The van der Waals surface area contributed by atoms with Crippen LogP contribution in [0.3, 0.4) is 0 Å². The summed E-state index contributed by atoms with van der Waals surface area (Å²) in [6.07, 6.45) is -4.66. The first-order valence-corrected chi connectivity index (χ1v) is 7.19. The van der Waals surface area contributed by atoms with E-state index in [1.165, 1.54) is 24.3 Å². The number of para-hydroxylation sites is 1. The van der Waals surface area contributed by atoms with Crippen molar-refractivity contribution >= 4 is 34.7 Å². The first-order valence-electron chi connectivity index (χ1n) is 6.41. The largest absolute Gasteiger partial charge is 0.417 e. The van der Waals surface area contributed by atoms with E-state index >= 15 is 0 Å². The minimum atomic E-state index is -4.66. The zero-order chi connectivity index (χ0) is 16.8. The van der Waals surface area contributed by atoms with Crippen LogP contribution in [0.4, 0.5) is 13.2 Å². The molecule has 0 aliphatic rings. The molecule has 3 rings (SSSR count). The number of rotatable bonds is 1. The summed E-state index contributed by atoms with van der Waals surface area (Å²) in [5.41, 5.74) is -1.64. The number of fused-ring (bicyclic) bond motifs is 1. The molecule has 0 aliphatic carbocycles. The summed E-state index contributed by atoms with van der Waals surface area (Å²) in [6, 6.07) is 9.74. The Hall–Kier alpha value is -2.12. The lowest BCUT2D eigenvalue weighted by Crippen LogP contribution is -2.23. The van der Waals surface area contributed by atoms with Crippen molar-refractivity contribution in [3.05, 3.63) is 68.2 Å². The average molecular weight is 357 g/mol. The van der Waals surface area contributed by atoms with Crippen LogP contribution < -0.4 is 5.56 Å². The molecule has 0 bridgehead atoms. The van der Waals surface area contributed by atoms with Gasteiger partial charge in [0, 0.05) is 0 Å². The maximum absolute atomic E-state index is 13.2. The van der Waals surface area contributed by atoms with Crippen LogP contribution in [-0.2, 0) is 6.18 Å². The van der Waals surface area contributed by atoms with Gasteiger partial charge in [-0.2, -0.15) is 13.2 Å². The molecule has 0 saturated heterocycles. The van der Waals surface area contributed by atoms with E-state index in [1.54, 1.807) is 12.1 Å². The third-order valence-electron chi connectivity index (χ3n) is 3.32. The topological polar surface area (TPSA) is 37.8 Å². The van der Waals surface area contributed by atoms with Crippen LogP contribution in [0.5, 0.6) is 0 Å². The van der Waals surface area contributed by atoms with Gasteiger partial charge in [-0.25, -0.2) is 0 Å². The first kappa shape index (κ1) is 15.8. The fourth-order valence-electron chi connectivity index (χ4n) is 2.35. The number of nitrogens with zero attached hydrogens (tertiary/aromatic N) is 1. The van der Waals surface area contributed by atoms with Gasteiger partial charge in [-0.3, -0.25) is 9.36 Å². The van der Waals surface area contributed by atoms with E-state index in [9.17, 15) is 18.0 Å². The third kappa shape index (κ3) is 2.66. The highest BCUT2D eigenvalue weighted by molar-refractivity contribution is 7.71. The number of nitrogens with one attached hydrogen (secondary N) is 1. The van der Waals surface area contributed by atoms with E-state index in [4.69, 9.17) is 23.8 Å². The molecule has 3 aromatic rings. The van der Waals surface area contributed by atoms with Gasteiger partial charge >= 0.3 is 6.18 Å². The van der Waals surface area contributed by atoms with Gasteiger partial charge in [0.25, 0.3) is 5.56 Å². The minimum absolute atomic E-state index is 0.0260. The number of alkyl halides is 3. The molecule has 1 heterocycles. The summed E-state index contributed by atoms with van der Waals surface area (Å²) in [5.74, 6) is 0. The van der Waals surface area contributed by atoms with Crippen molar-refractivity contribution in [1.29, 1.82) is 0 Å². The molecule has 0 amide bonds. The summed E-state index contributed by atoms with van der Waals surface area (Å²) in [6.45, 7) is 0. The van der Waals surface area contributed by atoms with Gasteiger partial charge in [0.2, 0.25) is 0 Å². The van der Waals surface area contributed by atoms with Crippen LogP contribution in [0.25, 0.3) is 16.6 Å². The van der Waals surface area contributed by atoms with E-state index in [0.717, 1.165) is 10.6 Å². The molecule has 3 nitrogen and oxygen atoms in total. The molecule has 118 valence electrons. The standard InChI is InChI=1S/C15H8ClF3N2OS/c16-9-5-1-2-7-11(9)21-13(22)12-8(15(17,18)19)4-3-6-10(12)20-14(21)23/h1-7H,(H,20,23). The lowest BCUT2D eigenvalue weighted by molar-refractivity contribution is -0.136. The summed E-state index contributed by atoms with van der Waals surface area (Å²) in [5, 5.41) is -0.272. The molecule has 0 unspecified atom stereocenters. The number of halogens is 4. The second kappa shape index (κ2) is 5.50. The molecule has 23 heavy (non-hydrogen) atoms. The van der Waals surface area contributed by atoms with Crippen molar-refractivity contribution < 1.29 is 13.2 Å². The molecule has 0 radical (unpaired) electrons. The maximum Gasteiger partial charge on any atom is 0.417 e. The Morgan fingerprint density at radius 2 is 1.78 bits per heavy atom. The van der Waals surface area contributed by atoms with Gasteiger partial charge in [-0.1, -0.05) is 29.8 Å². The highest BCUT2D eigenvalue weighted by Gasteiger charge is 2.34. The lowest BCUT2D eigenvalue weighted by Gasteiger charge is -2.13. The zero-order valence-corrected chi connectivity index (χ0v) is 12.9. The molecule has 0 spiro atoms. The second-order valence-corrected chi connectivity index (χ2v) is 5.54. The molecule has 1 aromatic heterocycles. The predicted molar refractivity (Wildman–Crippen MR) is 84.7 cm³/mol. The van der Waals surface area contributed by atoms with Gasteiger partial charge in [-0.15, -0.1) is 0 Å². The highest BCUT2D eigenvalue weighted by Crippen LogP contribution is 2.33. The van der Waals surface area contributed by atoms with Crippen LogP contribution in [0.2, 0.25) is 5.02 Å². The number of benzene rings is 2. The quantitative estimate of drug-likeness (QED) is 0.641. The number of hydrogen-bond donors (Lipinski definition) is 1. The molecule has 0 saturated carbocycles. The maximum atomic E-state index is 13.2. The molecule has 0 atom stereocenters. The summed E-state index contributed by atoms with van der Waals surface area (Å²) >= 11 is 11.2. The predicted octanol–water partition coefficient (Wildman–Crippen LogP) is 4.72. The average Bonchev–Trinajstić information content (AvgIpc) is 2.47. The first-order chi connectivity index (χ1) is 10.8. The molecular formula is C15H8ClF3N2OS. The number of aromatic amines is 1. The third-order valence-corrected chi connectivity index (χ3v) is 3.93. The van der Waals surface area contributed by atoms with Crippen LogP contribution >= 0.6 is 23.8 Å². The van der Waals surface area contributed by atoms with Crippen LogP contribution in [0.15, 0.2) is 47.3 Å². The molecule has 8 heteroatoms. The Bertz CT molecular complexity index is 1020. The van der Waals surface area contributed by atoms with Crippen molar-refractivity contribution in [2.24, 2.45) is 0 Å². The van der Waals surface area contributed by atoms with Crippen molar-refractivity contribution in [1.82, 2.24) is 9.55 Å². The van der Waals surface area contributed by atoms with Gasteiger partial charge in [0.05, 0.1) is 27.2 Å². The summed E-state index contributed by atoms with van der Waals surface area (Å²) < 4.78 is 40.5. The van der Waals surface area contributed by atoms with Crippen molar-refractivity contribution in [3.8, 4) is 5.69 Å². The molecule has 2 aromatic carbocycles. The normalized spacial score (nSPS) is 11.8. The fourth-order valence-corrected chi connectivity index (χ4v) is 2.86. The lowest BCUT2D eigenvalue weighted by atomic mass is 10.1. The van der Waals surface area contributed by atoms with Crippen LogP contribution in [-0.4, -0.2) is 9.55 Å². The van der Waals surface area contributed by atoms with Gasteiger partial charge in [0.15, 0.2) is 4.77 Å². The van der Waals surface area contributed by atoms with Gasteiger partial charge < -0.3 is 4.98 Å². The highest BCUT2D eigenvalue weighted by atomic mass is 35.5. The fraction of sp³-hybridized carbons (Fsp3) is 0.0667. The van der Waals surface area contributed by atoms with E-state index in [-0.39, 0.29) is 21.0 Å². The minimum Gasteiger partial charge on any atom is -0.331 e. The monoisotopic (exact) mass is 356 g/mol. The van der Waals surface area contributed by atoms with E-state index in [0.29, 0.717) is 0 Å². The SMILES string of the molecule is O=c1c2c(C(F)(F)F)cccc2[nH]c(=S)n1-c1ccccc1Cl. The number of hydrogen-bond acceptors (Lipinski definition) is 2. The summed E-state index contributed by atoms with van der Waals surface area (Å²) in [4.78, 5) is 15.3. The molecule has 0 aliphatic heterocycles. The van der Waals surface area contributed by atoms with E-state index in [1.807, 2.05) is 0 Å². The van der Waals surface area contributed by atoms with Crippen molar-refractivity contribution in [2.75, 3.05) is 0 Å².